The smallest absolute Gasteiger partial charge is 0.0525 e. The molecule has 0 radical (unpaired) electrons. The van der Waals surface area contributed by atoms with E-state index in [1.807, 2.05) is 0 Å². The molecule has 0 atom stereocenters. The first-order valence-corrected chi connectivity index (χ1v) is 7.16. The maximum absolute atomic E-state index is 8.89. The Morgan fingerprint density at radius 2 is 2.12 bits per heavy atom. The lowest BCUT2D eigenvalue weighted by atomic mass is 10.1. The zero-order valence-corrected chi connectivity index (χ0v) is 11.8. The molecule has 0 unspecified atom stereocenters. The summed E-state index contributed by atoms with van der Waals surface area (Å²) in [6.45, 7) is 8.73. The van der Waals surface area contributed by atoms with Crippen LogP contribution in [-0.2, 0) is 6.54 Å². The molecule has 2 N–H and O–H groups in total. The molecule has 0 fully saturated rings. The highest BCUT2D eigenvalue weighted by Gasteiger charge is 2.03. The first-order chi connectivity index (χ1) is 8.13. The summed E-state index contributed by atoms with van der Waals surface area (Å²) in [7, 11) is 0. The number of aliphatic hydroxyl groups is 1. The minimum absolute atomic E-state index is 0.234. The summed E-state index contributed by atoms with van der Waals surface area (Å²) >= 11 is 1.72. The molecule has 0 aliphatic heterocycles. The van der Waals surface area contributed by atoms with Crippen molar-refractivity contribution in [2.45, 2.75) is 32.2 Å². The van der Waals surface area contributed by atoms with E-state index in [4.69, 9.17) is 5.11 Å². The molecular formula is C14H23NOS. The topological polar surface area (TPSA) is 32.3 Å². The fraction of sp³-hybridized carbons (Fsp3) is 0.571. The van der Waals surface area contributed by atoms with Crippen molar-refractivity contribution in [3.05, 3.63) is 29.3 Å². The molecule has 0 aliphatic carbocycles. The molecule has 0 bridgehead atoms. The van der Waals surface area contributed by atoms with Crippen molar-refractivity contribution >= 4 is 11.8 Å². The Hall–Kier alpha value is -0.510. The highest BCUT2D eigenvalue weighted by Crippen LogP contribution is 2.23. The third kappa shape index (κ3) is 5.57. The number of benzene rings is 1. The second-order valence-corrected chi connectivity index (χ2v) is 5.84. The van der Waals surface area contributed by atoms with Crippen molar-refractivity contribution in [1.82, 2.24) is 5.32 Å². The number of aryl methyl sites for hydroxylation is 1. The Labute approximate surface area is 109 Å². The van der Waals surface area contributed by atoms with E-state index in [1.54, 1.807) is 11.8 Å². The van der Waals surface area contributed by atoms with Gasteiger partial charge < -0.3 is 10.4 Å². The normalized spacial score (nSPS) is 11.1. The number of rotatable bonds is 7. The van der Waals surface area contributed by atoms with Gasteiger partial charge in [0.05, 0.1) is 6.61 Å². The van der Waals surface area contributed by atoms with Gasteiger partial charge in [-0.1, -0.05) is 31.5 Å². The van der Waals surface area contributed by atoms with Crippen LogP contribution < -0.4 is 5.32 Å². The summed E-state index contributed by atoms with van der Waals surface area (Å²) in [5.41, 5.74) is 2.63. The van der Waals surface area contributed by atoms with E-state index in [9.17, 15) is 0 Å². The van der Waals surface area contributed by atoms with Crippen LogP contribution in [0.15, 0.2) is 23.1 Å². The SMILES string of the molecule is Cc1ccc(SCCO)c(CNCC(C)C)c1. The predicted molar refractivity (Wildman–Crippen MR) is 75.5 cm³/mol. The Morgan fingerprint density at radius 3 is 2.76 bits per heavy atom. The quantitative estimate of drug-likeness (QED) is 0.733. The van der Waals surface area contributed by atoms with E-state index >= 15 is 0 Å². The highest BCUT2D eigenvalue weighted by molar-refractivity contribution is 7.99. The van der Waals surface area contributed by atoms with Crippen molar-refractivity contribution in [2.75, 3.05) is 18.9 Å². The van der Waals surface area contributed by atoms with Gasteiger partial charge in [-0.3, -0.25) is 0 Å². The van der Waals surface area contributed by atoms with Gasteiger partial charge in [0.2, 0.25) is 0 Å². The lowest BCUT2D eigenvalue weighted by molar-refractivity contribution is 0.322. The first kappa shape index (κ1) is 14.6. The Bertz CT molecular complexity index is 339. The van der Waals surface area contributed by atoms with Gasteiger partial charge in [0.1, 0.15) is 0 Å². The molecule has 17 heavy (non-hydrogen) atoms. The molecule has 0 aromatic heterocycles. The molecule has 1 rings (SSSR count). The Morgan fingerprint density at radius 1 is 1.35 bits per heavy atom. The zero-order chi connectivity index (χ0) is 12.7. The predicted octanol–water partition coefficient (Wildman–Crippen LogP) is 2.83. The van der Waals surface area contributed by atoms with Gasteiger partial charge in [-0.15, -0.1) is 11.8 Å². The minimum Gasteiger partial charge on any atom is -0.396 e. The van der Waals surface area contributed by atoms with Gasteiger partial charge in [0.15, 0.2) is 0 Å². The second-order valence-electron chi connectivity index (χ2n) is 4.71. The fourth-order valence-electron chi connectivity index (χ4n) is 1.64. The van der Waals surface area contributed by atoms with Gasteiger partial charge in [-0.2, -0.15) is 0 Å². The van der Waals surface area contributed by atoms with Crippen molar-refractivity contribution < 1.29 is 5.11 Å². The van der Waals surface area contributed by atoms with E-state index in [-0.39, 0.29) is 6.61 Å². The van der Waals surface area contributed by atoms with Crippen LogP contribution in [0.25, 0.3) is 0 Å². The van der Waals surface area contributed by atoms with E-state index in [1.165, 1.54) is 16.0 Å². The molecule has 96 valence electrons. The molecular weight excluding hydrogens is 230 g/mol. The van der Waals surface area contributed by atoms with Crippen LogP contribution in [0, 0.1) is 12.8 Å². The molecule has 3 heteroatoms. The first-order valence-electron chi connectivity index (χ1n) is 6.17. The van der Waals surface area contributed by atoms with Gasteiger partial charge >= 0.3 is 0 Å². The van der Waals surface area contributed by atoms with Crippen LogP contribution in [0.5, 0.6) is 0 Å². The molecule has 2 nitrogen and oxygen atoms in total. The van der Waals surface area contributed by atoms with Crippen LogP contribution in [0.3, 0.4) is 0 Å². The maximum Gasteiger partial charge on any atom is 0.0525 e. The molecule has 1 aromatic carbocycles. The molecule has 0 saturated carbocycles. The lowest BCUT2D eigenvalue weighted by Crippen LogP contribution is -2.19. The molecule has 0 amide bonds. The van der Waals surface area contributed by atoms with Crippen LogP contribution in [-0.4, -0.2) is 24.0 Å². The summed E-state index contributed by atoms with van der Waals surface area (Å²) in [6.07, 6.45) is 0. The molecule has 1 aromatic rings. The van der Waals surface area contributed by atoms with Gasteiger partial charge in [-0.25, -0.2) is 0 Å². The monoisotopic (exact) mass is 253 g/mol. The summed E-state index contributed by atoms with van der Waals surface area (Å²) in [5.74, 6) is 1.44. The summed E-state index contributed by atoms with van der Waals surface area (Å²) < 4.78 is 0. The molecule has 0 spiro atoms. The average Bonchev–Trinajstić information content (AvgIpc) is 2.27. The van der Waals surface area contributed by atoms with E-state index in [0.29, 0.717) is 5.92 Å². The van der Waals surface area contributed by atoms with E-state index in [2.05, 4.69) is 44.3 Å². The number of hydrogen-bond donors (Lipinski definition) is 2. The van der Waals surface area contributed by atoms with Gasteiger partial charge in [-0.05, 0) is 31.0 Å². The van der Waals surface area contributed by atoms with Gasteiger partial charge in [0.25, 0.3) is 0 Å². The summed E-state index contributed by atoms with van der Waals surface area (Å²) in [5, 5.41) is 12.4. The fourth-order valence-corrected chi connectivity index (χ4v) is 2.43. The third-order valence-corrected chi connectivity index (χ3v) is 3.53. The second kappa shape index (κ2) is 7.75. The maximum atomic E-state index is 8.89. The van der Waals surface area contributed by atoms with Crippen molar-refractivity contribution in [3.8, 4) is 0 Å². The molecule has 0 heterocycles. The van der Waals surface area contributed by atoms with E-state index in [0.717, 1.165) is 18.8 Å². The third-order valence-electron chi connectivity index (χ3n) is 2.43. The standard InChI is InChI=1S/C14H23NOS/c1-11(2)9-15-10-13-8-12(3)4-5-14(13)17-7-6-16/h4-5,8,11,15-16H,6-7,9-10H2,1-3H3. The van der Waals surface area contributed by atoms with Crippen molar-refractivity contribution in [1.29, 1.82) is 0 Å². The minimum atomic E-state index is 0.234. The molecule has 0 aliphatic rings. The van der Waals surface area contributed by atoms with Crippen LogP contribution in [0.1, 0.15) is 25.0 Å². The van der Waals surface area contributed by atoms with Crippen LogP contribution >= 0.6 is 11.8 Å². The van der Waals surface area contributed by atoms with E-state index < -0.39 is 0 Å². The summed E-state index contributed by atoms with van der Waals surface area (Å²) in [4.78, 5) is 1.28. The van der Waals surface area contributed by atoms with Crippen molar-refractivity contribution in [2.24, 2.45) is 5.92 Å². The van der Waals surface area contributed by atoms with Gasteiger partial charge in [0, 0.05) is 17.2 Å². The number of aliphatic hydroxyl groups excluding tert-OH is 1. The van der Waals surface area contributed by atoms with Crippen LogP contribution in [0.2, 0.25) is 0 Å². The lowest BCUT2D eigenvalue weighted by Gasteiger charge is -2.12. The number of hydrogen-bond acceptors (Lipinski definition) is 3. The zero-order valence-electron chi connectivity index (χ0n) is 11.0. The highest BCUT2D eigenvalue weighted by atomic mass is 32.2. The van der Waals surface area contributed by atoms with Crippen LogP contribution in [0.4, 0.5) is 0 Å². The average molecular weight is 253 g/mol. The largest absolute Gasteiger partial charge is 0.396 e. The number of thioether (sulfide) groups is 1. The van der Waals surface area contributed by atoms with Crippen molar-refractivity contribution in [3.63, 3.8) is 0 Å². The summed E-state index contributed by atoms with van der Waals surface area (Å²) in [6, 6.07) is 6.51. The number of nitrogens with one attached hydrogen (secondary N) is 1. The Kier molecular flexibility index (Phi) is 6.63. The Balaban J connectivity index is 2.62. The molecule has 0 saturated heterocycles.